The molecule has 0 amide bonds. The van der Waals surface area contributed by atoms with Crippen molar-refractivity contribution in [2.45, 2.75) is 52.4 Å². The van der Waals surface area contributed by atoms with E-state index in [2.05, 4.69) is 168 Å². The summed E-state index contributed by atoms with van der Waals surface area (Å²) >= 11 is 3.48. The number of nitrogens with one attached hydrogen (secondary N) is 2. The first-order valence-corrected chi connectivity index (χ1v) is 24.9. The number of anilines is 5. The zero-order valence-electron chi connectivity index (χ0n) is 38.6. The summed E-state index contributed by atoms with van der Waals surface area (Å²) < 4.78 is 2.55. The van der Waals surface area contributed by atoms with Gasteiger partial charge < -0.3 is 21.5 Å². The second kappa shape index (κ2) is 23.3. The van der Waals surface area contributed by atoms with Crippen LogP contribution in [0.3, 0.4) is 0 Å². The average Bonchev–Trinajstić information content (AvgIpc) is 4.05. The number of carboxylic acids is 1. The number of hydrogen-bond donors (Lipinski definition) is 4. The molecule has 2 heterocycles. The van der Waals surface area contributed by atoms with E-state index in [4.69, 9.17) is 5.73 Å². The summed E-state index contributed by atoms with van der Waals surface area (Å²) in [4.78, 5) is 11.6. The third kappa shape index (κ3) is 13.3. The minimum Gasteiger partial charge on any atom is -0.478 e. The van der Waals surface area contributed by atoms with E-state index in [0.717, 1.165) is 72.1 Å². The van der Waals surface area contributed by atoms with Crippen molar-refractivity contribution in [3.63, 3.8) is 0 Å². The average molecular weight is 928 g/mol. The molecule has 68 heavy (non-hydrogen) atoms. The Bertz CT molecular complexity index is 3200. The molecule has 0 saturated carbocycles. The van der Waals surface area contributed by atoms with Gasteiger partial charge in [0.15, 0.2) is 0 Å². The minimum absolute atomic E-state index is 0.281. The molecule has 0 bridgehead atoms. The van der Waals surface area contributed by atoms with E-state index < -0.39 is 5.97 Å². The molecule has 0 atom stereocenters. The molecule has 7 heteroatoms. The molecule has 0 saturated heterocycles. The van der Waals surface area contributed by atoms with Crippen LogP contribution < -0.4 is 16.4 Å². The normalized spacial score (nSPS) is 10.7. The Hall–Kier alpha value is -7.45. The molecular weight excluding hydrogens is 871 g/mol. The van der Waals surface area contributed by atoms with E-state index in [1.165, 1.54) is 53.9 Å². The monoisotopic (exact) mass is 927 g/mol. The molecule has 0 spiro atoms. The number of nitrogen functional groups attached to an aromatic ring is 1. The lowest BCUT2D eigenvalue weighted by atomic mass is 10.0. The maximum atomic E-state index is 11.6. The van der Waals surface area contributed by atoms with Gasteiger partial charge in [0.1, 0.15) is 0 Å². The lowest BCUT2D eigenvalue weighted by Gasteiger charge is -2.12. The third-order valence-corrected chi connectivity index (χ3v) is 13.9. The smallest absolute Gasteiger partial charge is 0.337 e. The summed E-state index contributed by atoms with van der Waals surface area (Å²) in [5.74, 6) is -0.927. The van der Waals surface area contributed by atoms with E-state index in [1.807, 2.05) is 55.5 Å². The number of aromatic carboxylic acids is 1. The highest BCUT2D eigenvalue weighted by Crippen LogP contribution is 2.30. The Morgan fingerprint density at radius 3 is 1.32 bits per heavy atom. The molecule has 8 aromatic carbocycles. The molecule has 0 aliphatic rings. The summed E-state index contributed by atoms with van der Waals surface area (Å²) in [7, 11) is 0. The van der Waals surface area contributed by atoms with Gasteiger partial charge in [-0.3, -0.25) is 0 Å². The molecule has 10 aromatic rings. The minimum atomic E-state index is -0.927. The number of nitrogens with two attached hydrogens (primary N) is 1. The van der Waals surface area contributed by atoms with Crippen LogP contribution in [0.2, 0.25) is 0 Å². The zero-order valence-corrected chi connectivity index (χ0v) is 40.3. The Morgan fingerprint density at radius 2 is 0.853 bits per heavy atom. The molecular formula is C61H57N3O2S2. The lowest BCUT2D eigenvalue weighted by Crippen LogP contribution is -2.04. The summed E-state index contributed by atoms with van der Waals surface area (Å²) in [6.07, 6.45) is 6.04. The summed E-state index contributed by atoms with van der Waals surface area (Å²) in [6.45, 7) is 4.20. The number of fused-ring (bicyclic) bond motifs is 2. The molecule has 0 aliphatic heterocycles. The van der Waals surface area contributed by atoms with E-state index in [9.17, 15) is 9.90 Å². The lowest BCUT2D eigenvalue weighted by molar-refractivity contribution is 0.0698. The van der Waals surface area contributed by atoms with Crippen molar-refractivity contribution in [2.75, 3.05) is 16.4 Å². The van der Waals surface area contributed by atoms with Gasteiger partial charge in [-0.2, -0.15) is 0 Å². The Balaban J connectivity index is 0.000000142. The summed E-state index contributed by atoms with van der Waals surface area (Å²) in [6, 6.07) is 67.1. The largest absolute Gasteiger partial charge is 0.478 e. The van der Waals surface area contributed by atoms with Crippen molar-refractivity contribution in [2.24, 2.45) is 0 Å². The molecule has 2 aromatic heterocycles. The van der Waals surface area contributed by atoms with Gasteiger partial charge in [0.25, 0.3) is 0 Å². The number of rotatable bonds is 14. The van der Waals surface area contributed by atoms with Gasteiger partial charge in [0.2, 0.25) is 0 Å². The standard InChI is InChI=1S/C23H19NO2S.C23H21NS.C15H17N/c25-23(26)20-10-8-17(7-6-16-4-2-1-3-5-16)14-21(20)24-19-9-11-22-18(15-19)12-13-27-22;1-17-7-8-19(10-9-18-5-3-2-4-6-18)15-22(17)24-21-11-12-23-20(16-21)13-14-25-23;1-12-7-8-14(11-15(12)16)10-9-13-5-3-2-4-6-13/h1-5,8-15,24H,6-7H2,(H,25,26);2-8,11-16,24H,9-10H2,1H3;2-8,11H,9-10,16H2,1H3. The van der Waals surface area contributed by atoms with Gasteiger partial charge in [0, 0.05) is 32.1 Å². The fourth-order valence-corrected chi connectivity index (χ4v) is 9.58. The van der Waals surface area contributed by atoms with Gasteiger partial charge >= 0.3 is 5.97 Å². The van der Waals surface area contributed by atoms with Crippen molar-refractivity contribution in [3.8, 4) is 0 Å². The van der Waals surface area contributed by atoms with Crippen LogP contribution in [0.25, 0.3) is 20.2 Å². The number of thiophene rings is 2. The molecule has 5 nitrogen and oxygen atoms in total. The van der Waals surface area contributed by atoms with E-state index in [1.54, 1.807) is 28.7 Å². The van der Waals surface area contributed by atoms with Crippen molar-refractivity contribution in [3.05, 3.63) is 255 Å². The Morgan fingerprint density at radius 1 is 0.441 bits per heavy atom. The van der Waals surface area contributed by atoms with Gasteiger partial charge in [-0.25, -0.2) is 4.79 Å². The Labute approximate surface area is 408 Å². The van der Waals surface area contributed by atoms with Crippen LogP contribution >= 0.6 is 22.7 Å². The number of benzene rings is 8. The van der Waals surface area contributed by atoms with Crippen LogP contribution in [0.1, 0.15) is 54.9 Å². The Kier molecular flexibility index (Phi) is 16.1. The quantitative estimate of drug-likeness (QED) is 0.0816. The number of hydrogen-bond acceptors (Lipinski definition) is 6. The second-order valence-electron chi connectivity index (χ2n) is 17.1. The number of carbonyl (C=O) groups is 1. The fourth-order valence-electron chi connectivity index (χ4n) is 8.04. The predicted molar refractivity (Wildman–Crippen MR) is 292 cm³/mol. The van der Waals surface area contributed by atoms with Crippen LogP contribution in [-0.4, -0.2) is 11.1 Å². The fraction of sp³-hybridized carbons (Fsp3) is 0.131. The van der Waals surface area contributed by atoms with Gasteiger partial charge in [-0.05, 0) is 191 Å². The topological polar surface area (TPSA) is 87.4 Å². The van der Waals surface area contributed by atoms with Crippen molar-refractivity contribution >= 4 is 77.3 Å². The molecule has 0 fully saturated rings. The highest BCUT2D eigenvalue weighted by Gasteiger charge is 2.12. The highest BCUT2D eigenvalue weighted by molar-refractivity contribution is 7.17. The van der Waals surface area contributed by atoms with Gasteiger partial charge in [0.05, 0.1) is 11.3 Å². The van der Waals surface area contributed by atoms with Crippen LogP contribution in [0.5, 0.6) is 0 Å². The molecule has 5 N–H and O–H groups in total. The summed E-state index contributed by atoms with van der Waals surface area (Å²) in [5.41, 5.74) is 21.2. The van der Waals surface area contributed by atoms with Gasteiger partial charge in [-0.1, -0.05) is 121 Å². The first-order valence-electron chi connectivity index (χ1n) is 23.1. The number of carboxylic acid groups (broad SMARTS) is 1. The van der Waals surface area contributed by atoms with Crippen molar-refractivity contribution in [1.82, 2.24) is 0 Å². The van der Waals surface area contributed by atoms with Crippen molar-refractivity contribution < 1.29 is 9.90 Å². The second-order valence-corrected chi connectivity index (χ2v) is 19.0. The van der Waals surface area contributed by atoms with Crippen LogP contribution in [-0.2, 0) is 38.5 Å². The first-order chi connectivity index (χ1) is 33.2. The molecule has 0 aliphatic carbocycles. The van der Waals surface area contributed by atoms with E-state index >= 15 is 0 Å². The van der Waals surface area contributed by atoms with Crippen LogP contribution in [0, 0.1) is 13.8 Å². The van der Waals surface area contributed by atoms with E-state index in [-0.39, 0.29) is 5.56 Å². The third-order valence-electron chi connectivity index (χ3n) is 12.1. The van der Waals surface area contributed by atoms with Crippen LogP contribution in [0.4, 0.5) is 28.4 Å². The van der Waals surface area contributed by atoms with E-state index in [0.29, 0.717) is 5.69 Å². The molecule has 0 radical (unpaired) electrons. The number of aryl methyl sites for hydroxylation is 8. The maximum absolute atomic E-state index is 11.6. The van der Waals surface area contributed by atoms with Crippen molar-refractivity contribution in [1.29, 1.82) is 0 Å². The SMILES string of the molecule is Cc1ccc(CCc2ccccc2)cc1N.Cc1ccc(CCc2ccccc2)cc1Nc1ccc2sccc2c1.O=C(O)c1ccc(CCc2ccccc2)cc1Nc1ccc2sccc2c1. The van der Waals surface area contributed by atoms with Gasteiger partial charge in [-0.15, -0.1) is 22.7 Å². The van der Waals surface area contributed by atoms with Crippen LogP contribution in [0.15, 0.2) is 205 Å². The zero-order chi connectivity index (χ0) is 47.1. The molecule has 0 unspecified atom stereocenters. The molecule has 340 valence electrons. The predicted octanol–water partition coefficient (Wildman–Crippen LogP) is 16.2. The first kappa shape index (κ1) is 47.1. The molecule has 10 rings (SSSR count). The summed E-state index contributed by atoms with van der Waals surface area (Å²) in [5, 5.41) is 23.1. The highest BCUT2D eigenvalue weighted by atomic mass is 32.1. The maximum Gasteiger partial charge on any atom is 0.337 e.